The first-order valence-electron chi connectivity index (χ1n) is 5.38. The Morgan fingerprint density at radius 2 is 2.41 bits per heavy atom. The summed E-state index contributed by atoms with van der Waals surface area (Å²) >= 11 is 0. The number of ether oxygens (including phenoxy) is 1. The lowest BCUT2D eigenvalue weighted by molar-refractivity contribution is -0.128. The Bertz CT molecular complexity index is 426. The van der Waals surface area contributed by atoms with Gasteiger partial charge in [0, 0.05) is 0 Å². The van der Waals surface area contributed by atoms with Gasteiger partial charge in [-0.1, -0.05) is 19.4 Å². The van der Waals surface area contributed by atoms with E-state index in [4.69, 9.17) is 15.8 Å². The van der Waals surface area contributed by atoms with E-state index in [1.54, 1.807) is 24.3 Å². The van der Waals surface area contributed by atoms with Crippen molar-refractivity contribution in [2.24, 2.45) is 5.84 Å². The summed E-state index contributed by atoms with van der Waals surface area (Å²) < 4.78 is 5.51. The van der Waals surface area contributed by atoms with Gasteiger partial charge in [-0.05, 0) is 24.6 Å². The summed E-state index contributed by atoms with van der Waals surface area (Å²) in [5.74, 6) is 5.21. The van der Waals surface area contributed by atoms with Crippen molar-refractivity contribution in [2.45, 2.75) is 25.9 Å². The zero-order valence-electron chi connectivity index (χ0n) is 9.64. The summed E-state index contributed by atoms with van der Waals surface area (Å²) in [6.45, 7) is 1.95. The average molecular weight is 233 g/mol. The van der Waals surface area contributed by atoms with Crippen molar-refractivity contribution in [3.63, 3.8) is 0 Å². The van der Waals surface area contributed by atoms with E-state index in [9.17, 15) is 4.79 Å². The molecule has 5 heteroatoms. The highest BCUT2D eigenvalue weighted by Crippen LogP contribution is 2.16. The van der Waals surface area contributed by atoms with Gasteiger partial charge in [-0.25, -0.2) is 5.84 Å². The number of nitrogens with zero attached hydrogens (tertiary/aromatic N) is 1. The van der Waals surface area contributed by atoms with E-state index >= 15 is 0 Å². The van der Waals surface area contributed by atoms with Crippen molar-refractivity contribution in [3.8, 4) is 11.8 Å². The Labute approximate surface area is 100 Å². The van der Waals surface area contributed by atoms with Crippen molar-refractivity contribution >= 4 is 5.91 Å². The number of hydrogen-bond acceptors (Lipinski definition) is 4. The van der Waals surface area contributed by atoms with Crippen LogP contribution in [0, 0.1) is 11.3 Å². The lowest BCUT2D eigenvalue weighted by Gasteiger charge is -2.16. The second-order valence-corrected chi connectivity index (χ2v) is 3.54. The molecule has 1 atom stereocenters. The molecule has 0 aliphatic carbocycles. The molecule has 1 aromatic rings. The van der Waals surface area contributed by atoms with Gasteiger partial charge in [0.2, 0.25) is 0 Å². The zero-order chi connectivity index (χ0) is 12.7. The van der Waals surface area contributed by atoms with Crippen LogP contribution in [0.3, 0.4) is 0 Å². The quantitative estimate of drug-likeness (QED) is 0.453. The minimum atomic E-state index is -0.626. The van der Waals surface area contributed by atoms with Crippen LogP contribution in [0.25, 0.3) is 0 Å². The highest BCUT2D eigenvalue weighted by Gasteiger charge is 2.18. The van der Waals surface area contributed by atoms with Gasteiger partial charge in [0.05, 0.1) is 11.6 Å². The second-order valence-electron chi connectivity index (χ2n) is 3.54. The Morgan fingerprint density at radius 3 is 3.00 bits per heavy atom. The fourth-order valence-corrected chi connectivity index (χ4v) is 1.40. The van der Waals surface area contributed by atoms with Crippen LogP contribution < -0.4 is 16.0 Å². The zero-order valence-corrected chi connectivity index (χ0v) is 9.64. The monoisotopic (exact) mass is 233 g/mol. The summed E-state index contributed by atoms with van der Waals surface area (Å²) in [6, 6.07) is 8.68. The minimum absolute atomic E-state index is 0.366. The van der Waals surface area contributed by atoms with Crippen LogP contribution in [-0.4, -0.2) is 12.0 Å². The minimum Gasteiger partial charge on any atom is -0.481 e. The molecule has 0 radical (unpaired) electrons. The van der Waals surface area contributed by atoms with E-state index in [0.29, 0.717) is 17.7 Å². The molecule has 3 N–H and O–H groups in total. The van der Waals surface area contributed by atoms with Crippen LogP contribution in [0.15, 0.2) is 24.3 Å². The lowest BCUT2D eigenvalue weighted by atomic mass is 10.2. The third-order valence-corrected chi connectivity index (χ3v) is 2.23. The molecule has 17 heavy (non-hydrogen) atoms. The molecule has 90 valence electrons. The molecular formula is C12H15N3O2. The molecule has 0 aromatic heterocycles. The first-order chi connectivity index (χ1) is 8.21. The van der Waals surface area contributed by atoms with E-state index in [2.05, 4.69) is 5.43 Å². The average Bonchev–Trinajstić information content (AvgIpc) is 2.37. The molecule has 0 heterocycles. The van der Waals surface area contributed by atoms with Gasteiger partial charge in [0.25, 0.3) is 5.91 Å². The highest BCUT2D eigenvalue weighted by atomic mass is 16.5. The maximum Gasteiger partial charge on any atom is 0.274 e. The summed E-state index contributed by atoms with van der Waals surface area (Å²) in [6.07, 6.45) is 0.745. The topological polar surface area (TPSA) is 88.1 Å². The summed E-state index contributed by atoms with van der Waals surface area (Å²) in [5, 5.41) is 8.75. The number of carbonyl (C=O) groups is 1. The standard InChI is InChI=1S/C12H15N3O2/c1-2-4-11(12(16)15-14)17-10-6-3-5-9(7-10)8-13/h3,5-7,11H,2,4,14H2,1H3,(H,15,16). The molecule has 1 rings (SSSR count). The molecule has 0 spiro atoms. The van der Waals surface area contributed by atoms with Crippen LogP contribution in [0.5, 0.6) is 5.75 Å². The second kappa shape index (κ2) is 6.51. The number of amides is 1. The summed E-state index contributed by atoms with van der Waals surface area (Å²) in [7, 11) is 0. The van der Waals surface area contributed by atoms with Gasteiger partial charge in [-0.2, -0.15) is 5.26 Å². The smallest absolute Gasteiger partial charge is 0.274 e. The van der Waals surface area contributed by atoms with E-state index in [-0.39, 0.29) is 5.91 Å². The fourth-order valence-electron chi connectivity index (χ4n) is 1.40. The van der Waals surface area contributed by atoms with Gasteiger partial charge in [-0.15, -0.1) is 0 Å². The summed E-state index contributed by atoms with van der Waals surface area (Å²) in [4.78, 5) is 11.4. The molecule has 1 unspecified atom stereocenters. The SMILES string of the molecule is CCCC(Oc1cccc(C#N)c1)C(=O)NN. The third kappa shape index (κ3) is 3.78. The van der Waals surface area contributed by atoms with Crippen LogP contribution in [0.4, 0.5) is 0 Å². The van der Waals surface area contributed by atoms with Crippen LogP contribution >= 0.6 is 0 Å². The van der Waals surface area contributed by atoms with E-state index in [0.717, 1.165) is 6.42 Å². The van der Waals surface area contributed by atoms with Gasteiger partial charge in [0.15, 0.2) is 6.10 Å². The maximum atomic E-state index is 11.4. The molecule has 0 bridgehead atoms. The van der Waals surface area contributed by atoms with Crippen LogP contribution in [-0.2, 0) is 4.79 Å². The van der Waals surface area contributed by atoms with Crippen LogP contribution in [0.2, 0.25) is 0 Å². The molecule has 0 saturated carbocycles. The number of rotatable bonds is 5. The largest absolute Gasteiger partial charge is 0.481 e. The van der Waals surface area contributed by atoms with Gasteiger partial charge < -0.3 is 4.74 Å². The molecule has 5 nitrogen and oxygen atoms in total. The number of carbonyl (C=O) groups excluding carboxylic acids is 1. The number of nitriles is 1. The Morgan fingerprint density at radius 1 is 1.65 bits per heavy atom. The van der Waals surface area contributed by atoms with Gasteiger partial charge in [0.1, 0.15) is 5.75 Å². The molecule has 1 amide bonds. The number of hydrogen-bond donors (Lipinski definition) is 2. The molecule has 0 aliphatic heterocycles. The normalized spacial score (nSPS) is 11.4. The number of nitrogens with two attached hydrogens (primary N) is 1. The van der Waals surface area contributed by atoms with Gasteiger partial charge >= 0.3 is 0 Å². The Hall–Kier alpha value is -2.06. The van der Waals surface area contributed by atoms with Crippen molar-refractivity contribution in [1.29, 1.82) is 5.26 Å². The van der Waals surface area contributed by atoms with E-state index < -0.39 is 6.10 Å². The van der Waals surface area contributed by atoms with Crippen molar-refractivity contribution in [1.82, 2.24) is 5.43 Å². The molecule has 1 aromatic carbocycles. The lowest BCUT2D eigenvalue weighted by Crippen LogP contribution is -2.42. The first-order valence-corrected chi connectivity index (χ1v) is 5.38. The third-order valence-electron chi connectivity index (χ3n) is 2.23. The maximum absolute atomic E-state index is 11.4. The predicted molar refractivity (Wildman–Crippen MR) is 62.8 cm³/mol. The molecule has 0 aliphatic rings. The van der Waals surface area contributed by atoms with E-state index in [1.165, 1.54) is 0 Å². The molecular weight excluding hydrogens is 218 g/mol. The number of benzene rings is 1. The van der Waals surface area contributed by atoms with Crippen LogP contribution in [0.1, 0.15) is 25.3 Å². The number of nitrogens with one attached hydrogen (secondary N) is 1. The molecule has 0 fully saturated rings. The van der Waals surface area contributed by atoms with E-state index in [1.807, 2.05) is 13.0 Å². The Balaban J connectivity index is 2.78. The number of hydrazine groups is 1. The Kier molecular flexibility index (Phi) is 4.98. The van der Waals surface area contributed by atoms with Crippen molar-refractivity contribution in [3.05, 3.63) is 29.8 Å². The highest BCUT2D eigenvalue weighted by molar-refractivity contribution is 5.80. The fraction of sp³-hybridized carbons (Fsp3) is 0.333. The predicted octanol–water partition coefficient (Wildman–Crippen LogP) is 1.10. The first kappa shape index (κ1) is 13.0. The molecule has 0 saturated heterocycles. The van der Waals surface area contributed by atoms with Gasteiger partial charge in [-0.3, -0.25) is 10.2 Å². The summed E-state index contributed by atoms with van der Waals surface area (Å²) in [5.41, 5.74) is 2.56. The van der Waals surface area contributed by atoms with Crippen molar-refractivity contribution < 1.29 is 9.53 Å². The van der Waals surface area contributed by atoms with Crippen molar-refractivity contribution in [2.75, 3.05) is 0 Å².